The second-order valence-electron chi connectivity index (χ2n) is 6.41. The third-order valence-electron chi connectivity index (χ3n) is 4.58. The summed E-state index contributed by atoms with van der Waals surface area (Å²) in [7, 11) is -1.86. The van der Waals surface area contributed by atoms with Crippen LogP contribution in [0.4, 0.5) is 0 Å². The Bertz CT molecular complexity index is 867. The van der Waals surface area contributed by atoms with Gasteiger partial charge in [-0.2, -0.15) is 0 Å². The fourth-order valence-electron chi connectivity index (χ4n) is 3.31. The highest BCUT2D eigenvalue weighted by molar-refractivity contribution is 7.90. The molecule has 2 aromatic rings. The molecular formula is C16H22N4O3S. The highest BCUT2D eigenvalue weighted by Crippen LogP contribution is 2.28. The fraction of sp³-hybridized carbons (Fsp3) is 0.562. The van der Waals surface area contributed by atoms with Crippen LogP contribution < -0.4 is 5.32 Å². The van der Waals surface area contributed by atoms with E-state index in [4.69, 9.17) is 0 Å². The molecule has 0 atom stereocenters. The van der Waals surface area contributed by atoms with E-state index >= 15 is 0 Å². The molecule has 2 aromatic heterocycles. The number of hydrogen-bond donors (Lipinski definition) is 1. The third kappa shape index (κ3) is 3.28. The zero-order valence-electron chi connectivity index (χ0n) is 13.9. The molecule has 3 rings (SSSR count). The largest absolute Gasteiger partial charge is 0.354 e. The first kappa shape index (κ1) is 16.9. The summed E-state index contributed by atoms with van der Waals surface area (Å²) in [6.07, 6.45) is 8.34. The molecule has 2 heterocycles. The molecule has 8 heteroatoms. The number of amides is 1. The lowest BCUT2D eigenvalue weighted by Crippen LogP contribution is -2.24. The molecule has 0 radical (unpaired) electrons. The number of hydrogen-bond acceptors (Lipinski definition) is 5. The number of carbonyl (C=O) groups is 1. The monoisotopic (exact) mass is 350 g/mol. The summed E-state index contributed by atoms with van der Waals surface area (Å²) in [5.74, 6) is 0.292. The Morgan fingerprint density at radius 2 is 2.04 bits per heavy atom. The van der Waals surface area contributed by atoms with Gasteiger partial charge in [-0.15, -0.1) is 0 Å². The molecule has 0 saturated heterocycles. The van der Waals surface area contributed by atoms with Gasteiger partial charge in [0.15, 0.2) is 20.5 Å². The summed E-state index contributed by atoms with van der Waals surface area (Å²) >= 11 is 0. The van der Waals surface area contributed by atoms with Crippen molar-refractivity contribution in [2.75, 3.05) is 13.3 Å². The van der Waals surface area contributed by atoms with E-state index in [2.05, 4.69) is 15.3 Å². The molecule has 1 saturated carbocycles. The minimum atomic E-state index is -3.43. The summed E-state index contributed by atoms with van der Waals surface area (Å²) < 4.78 is 25.3. The predicted octanol–water partition coefficient (Wildman–Crippen LogP) is 1.77. The van der Waals surface area contributed by atoms with Crippen molar-refractivity contribution in [2.45, 2.75) is 43.7 Å². The van der Waals surface area contributed by atoms with Gasteiger partial charge in [-0.1, -0.05) is 19.3 Å². The van der Waals surface area contributed by atoms with Crippen molar-refractivity contribution in [3.8, 4) is 0 Å². The Labute approximate surface area is 141 Å². The maximum atomic E-state index is 12.2. The Morgan fingerprint density at radius 3 is 2.67 bits per heavy atom. The van der Waals surface area contributed by atoms with Crippen molar-refractivity contribution in [1.82, 2.24) is 19.9 Å². The van der Waals surface area contributed by atoms with Crippen LogP contribution in [0.1, 0.15) is 42.6 Å². The first-order valence-corrected chi connectivity index (χ1v) is 10.1. The second kappa shape index (κ2) is 6.51. The lowest BCUT2D eigenvalue weighted by Gasteiger charge is -2.23. The number of carbonyl (C=O) groups excluding carboxylic acids is 1. The van der Waals surface area contributed by atoms with Crippen LogP contribution in [0.2, 0.25) is 0 Å². The third-order valence-corrected chi connectivity index (χ3v) is 5.54. The van der Waals surface area contributed by atoms with Gasteiger partial charge in [-0.05, 0) is 24.8 Å². The molecule has 1 aliphatic rings. The smallest absolute Gasteiger partial charge is 0.267 e. The van der Waals surface area contributed by atoms with Crippen LogP contribution in [0.15, 0.2) is 17.3 Å². The number of sulfone groups is 1. The molecule has 1 fully saturated rings. The highest BCUT2D eigenvalue weighted by atomic mass is 32.2. The lowest BCUT2D eigenvalue weighted by molar-refractivity contribution is 0.0952. The minimum absolute atomic E-state index is 0.0757. The van der Waals surface area contributed by atoms with E-state index in [1.807, 2.05) is 4.57 Å². The maximum absolute atomic E-state index is 12.2. The number of aromatic nitrogens is 3. The van der Waals surface area contributed by atoms with Crippen molar-refractivity contribution in [3.63, 3.8) is 0 Å². The van der Waals surface area contributed by atoms with E-state index in [9.17, 15) is 13.2 Å². The fourth-order valence-corrected chi connectivity index (χ4v) is 3.82. The SMILES string of the molecule is CNC(=O)c1cc2nc(S(C)(=O)=O)cnc2n1CC1CCCCC1. The van der Waals surface area contributed by atoms with Gasteiger partial charge < -0.3 is 9.88 Å². The van der Waals surface area contributed by atoms with Gasteiger partial charge in [-0.25, -0.2) is 18.4 Å². The molecule has 0 bridgehead atoms. The summed E-state index contributed by atoms with van der Waals surface area (Å²) in [6.45, 7) is 0.707. The van der Waals surface area contributed by atoms with Gasteiger partial charge in [-0.3, -0.25) is 4.79 Å². The van der Waals surface area contributed by atoms with Crippen LogP contribution in [-0.2, 0) is 16.4 Å². The van der Waals surface area contributed by atoms with Crippen molar-refractivity contribution >= 4 is 26.9 Å². The molecule has 0 aromatic carbocycles. The highest BCUT2D eigenvalue weighted by Gasteiger charge is 2.22. The topological polar surface area (TPSA) is 93.9 Å². The van der Waals surface area contributed by atoms with E-state index in [0.29, 0.717) is 29.3 Å². The van der Waals surface area contributed by atoms with Gasteiger partial charge >= 0.3 is 0 Å². The van der Waals surface area contributed by atoms with Crippen LogP contribution in [0.25, 0.3) is 11.2 Å². The molecule has 130 valence electrons. The number of nitrogens with zero attached hydrogens (tertiary/aromatic N) is 3. The molecule has 0 unspecified atom stereocenters. The van der Waals surface area contributed by atoms with Crippen molar-refractivity contribution in [3.05, 3.63) is 18.0 Å². The van der Waals surface area contributed by atoms with E-state index in [0.717, 1.165) is 19.1 Å². The van der Waals surface area contributed by atoms with Gasteiger partial charge in [0.25, 0.3) is 5.91 Å². The molecule has 1 N–H and O–H groups in total. The molecular weight excluding hydrogens is 328 g/mol. The molecule has 1 aliphatic carbocycles. The van der Waals surface area contributed by atoms with Crippen LogP contribution in [0, 0.1) is 5.92 Å². The Hall–Kier alpha value is -1.96. The quantitative estimate of drug-likeness (QED) is 0.907. The maximum Gasteiger partial charge on any atom is 0.267 e. The normalized spacial score (nSPS) is 16.4. The zero-order chi connectivity index (χ0) is 17.3. The van der Waals surface area contributed by atoms with Crippen molar-refractivity contribution in [2.24, 2.45) is 5.92 Å². The number of fused-ring (bicyclic) bond motifs is 1. The van der Waals surface area contributed by atoms with Gasteiger partial charge in [0.2, 0.25) is 0 Å². The Kier molecular flexibility index (Phi) is 4.58. The first-order chi connectivity index (χ1) is 11.4. The number of nitrogens with one attached hydrogen (secondary N) is 1. The van der Waals surface area contributed by atoms with Crippen molar-refractivity contribution in [1.29, 1.82) is 0 Å². The standard InChI is InChI=1S/C16H22N4O3S/c1-17-16(21)13-8-12-15(18-9-14(19-12)24(2,22)23)20(13)10-11-6-4-3-5-7-11/h8-9,11H,3-7,10H2,1-2H3,(H,17,21). The predicted molar refractivity (Wildman–Crippen MR) is 90.6 cm³/mol. The van der Waals surface area contributed by atoms with Crippen LogP contribution in [0.3, 0.4) is 0 Å². The van der Waals surface area contributed by atoms with Gasteiger partial charge in [0.05, 0.1) is 6.20 Å². The average Bonchev–Trinajstić information content (AvgIpc) is 2.92. The van der Waals surface area contributed by atoms with E-state index < -0.39 is 9.84 Å². The average molecular weight is 350 g/mol. The first-order valence-electron chi connectivity index (χ1n) is 8.18. The van der Waals surface area contributed by atoms with E-state index in [1.54, 1.807) is 13.1 Å². The summed E-state index contributed by atoms with van der Waals surface area (Å²) in [6, 6.07) is 1.62. The minimum Gasteiger partial charge on any atom is -0.354 e. The molecule has 7 nitrogen and oxygen atoms in total. The summed E-state index contributed by atoms with van der Waals surface area (Å²) in [4.78, 5) is 20.7. The molecule has 0 aliphatic heterocycles. The van der Waals surface area contributed by atoms with Crippen LogP contribution in [0.5, 0.6) is 0 Å². The summed E-state index contributed by atoms with van der Waals surface area (Å²) in [5, 5.41) is 2.56. The second-order valence-corrected chi connectivity index (χ2v) is 8.38. The van der Waals surface area contributed by atoms with E-state index in [-0.39, 0.29) is 10.9 Å². The van der Waals surface area contributed by atoms with Gasteiger partial charge in [0.1, 0.15) is 11.2 Å². The van der Waals surface area contributed by atoms with Gasteiger partial charge in [0, 0.05) is 19.8 Å². The van der Waals surface area contributed by atoms with Crippen LogP contribution >= 0.6 is 0 Å². The molecule has 24 heavy (non-hydrogen) atoms. The lowest BCUT2D eigenvalue weighted by atomic mass is 9.89. The Balaban J connectivity index is 2.08. The zero-order valence-corrected chi connectivity index (χ0v) is 14.8. The Morgan fingerprint density at radius 1 is 1.33 bits per heavy atom. The summed E-state index contributed by atoms with van der Waals surface area (Å²) in [5.41, 5.74) is 1.47. The van der Waals surface area contributed by atoms with E-state index in [1.165, 1.54) is 25.5 Å². The van der Waals surface area contributed by atoms with Crippen molar-refractivity contribution < 1.29 is 13.2 Å². The number of rotatable bonds is 4. The molecule has 1 amide bonds. The van der Waals surface area contributed by atoms with Crippen LogP contribution in [-0.4, -0.2) is 42.2 Å². The molecule has 0 spiro atoms.